The number of hydrogen-bond donors (Lipinski definition) is 2. The minimum absolute atomic E-state index is 0.0216. The average Bonchev–Trinajstić information content (AvgIpc) is 3.06. The number of benzene rings is 1. The number of carboxylic acid groups (broad SMARTS) is 1. The maximum absolute atomic E-state index is 11.7. The van der Waals surface area contributed by atoms with Crippen molar-refractivity contribution in [2.45, 2.75) is 90.0 Å². The minimum atomic E-state index is -0.881. The first-order chi connectivity index (χ1) is 17.0. The standard InChI is InChI=1S/C26H39BN4O5/c1-7-17-14-19(27-35-25(2,3)26(4,5)36-27)15-18-16-28-23(30-22(17)18)29-20-8-10-21(11-9-20)31(24(32)33)12-13-34-6/h14-16,20-21H,7-13H2,1-6H3,(H,32,33)(H,28,29,30). The molecule has 1 aliphatic heterocycles. The Morgan fingerprint density at radius 1 is 1.19 bits per heavy atom. The number of rotatable bonds is 8. The summed E-state index contributed by atoms with van der Waals surface area (Å²) in [5.41, 5.74) is 2.25. The number of fused-ring (bicyclic) bond motifs is 1. The van der Waals surface area contributed by atoms with E-state index in [1.807, 2.05) is 6.20 Å². The van der Waals surface area contributed by atoms with Crippen molar-refractivity contribution < 1.29 is 23.9 Å². The van der Waals surface area contributed by atoms with Crippen LogP contribution >= 0.6 is 0 Å². The van der Waals surface area contributed by atoms with Gasteiger partial charge >= 0.3 is 13.2 Å². The van der Waals surface area contributed by atoms with Gasteiger partial charge in [0.15, 0.2) is 0 Å². The molecule has 1 amide bonds. The van der Waals surface area contributed by atoms with Crippen molar-refractivity contribution >= 4 is 35.5 Å². The van der Waals surface area contributed by atoms with Crippen LogP contribution in [0.15, 0.2) is 18.3 Å². The highest BCUT2D eigenvalue weighted by Gasteiger charge is 2.51. The van der Waals surface area contributed by atoms with Gasteiger partial charge in [0.05, 0.1) is 23.3 Å². The molecule has 1 aliphatic carbocycles. The van der Waals surface area contributed by atoms with Crippen LogP contribution in [0.2, 0.25) is 0 Å². The lowest BCUT2D eigenvalue weighted by Gasteiger charge is -2.35. The van der Waals surface area contributed by atoms with E-state index in [2.05, 4.69) is 57.1 Å². The highest BCUT2D eigenvalue weighted by Crippen LogP contribution is 2.37. The summed E-state index contributed by atoms with van der Waals surface area (Å²) >= 11 is 0. The fourth-order valence-corrected chi connectivity index (χ4v) is 5.04. The van der Waals surface area contributed by atoms with Crippen LogP contribution in [-0.4, -0.2) is 76.7 Å². The third-order valence-corrected chi connectivity index (χ3v) is 7.94. The van der Waals surface area contributed by atoms with Gasteiger partial charge in [-0.15, -0.1) is 0 Å². The minimum Gasteiger partial charge on any atom is -0.465 e. The molecule has 0 radical (unpaired) electrons. The summed E-state index contributed by atoms with van der Waals surface area (Å²) in [6, 6.07) is 4.43. The quantitative estimate of drug-likeness (QED) is 0.529. The van der Waals surface area contributed by atoms with E-state index >= 15 is 0 Å². The average molecular weight is 498 g/mol. The number of carbonyl (C=O) groups is 1. The number of nitrogens with zero attached hydrogens (tertiary/aromatic N) is 3. The van der Waals surface area contributed by atoms with E-state index in [-0.39, 0.29) is 12.1 Å². The van der Waals surface area contributed by atoms with E-state index in [1.165, 1.54) is 4.90 Å². The molecule has 36 heavy (non-hydrogen) atoms. The van der Waals surface area contributed by atoms with Crippen molar-refractivity contribution in [2.24, 2.45) is 0 Å². The SMILES string of the molecule is CCc1cc(B2OC(C)(C)C(C)(C)O2)cc2cnc(NC3CCC(N(CCOC)C(=O)O)CC3)nc12. The van der Waals surface area contributed by atoms with Crippen molar-refractivity contribution in [3.8, 4) is 0 Å². The summed E-state index contributed by atoms with van der Waals surface area (Å²) < 4.78 is 17.6. The topological polar surface area (TPSA) is 106 Å². The maximum atomic E-state index is 11.7. The Balaban J connectivity index is 1.46. The zero-order valence-electron chi connectivity index (χ0n) is 22.3. The van der Waals surface area contributed by atoms with Gasteiger partial charge in [-0.1, -0.05) is 19.1 Å². The highest BCUT2D eigenvalue weighted by molar-refractivity contribution is 6.62. The first kappa shape index (κ1) is 26.6. The molecule has 1 saturated heterocycles. The van der Waals surface area contributed by atoms with Gasteiger partial charge in [-0.05, 0) is 70.8 Å². The molecule has 2 aromatic rings. The zero-order chi connectivity index (χ0) is 26.1. The Bertz CT molecular complexity index is 1070. The van der Waals surface area contributed by atoms with Crippen molar-refractivity contribution in [2.75, 3.05) is 25.6 Å². The molecule has 1 aromatic carbocycles. The summed E-state index contributed by atoms with van der Waals surface area (Å²) in [4.78, 5) is 22.6. The maximum Gasteiger partial charge on any atom is 0.494 e. The largest absolute Gasteiger partial charge is 0.494 e. The van der Waals surface area contributed by atoms with Gasteiger partial charge in [-0.3, -0.25) is 0 Å². The first-order valence-corrected chi connectivity index (χ1v) is 12.9. The van der Waals surface area contributed by atoms with Gasteiger partial charge in [0, 0.05) is 37.3 Å². The van der Waals surface area contributed by atoms with Crippen LogP contribution in [0.1, 0.15) is 65.9 Å². The summed E-state index contributed by atoms with van der Waals surface area (Å²) in [5.74, 6) is 0.610. The Hall–Kier alpha value is -2.43. The summed E-state index contributed by atoms with van der Waals surface area (Å²) in [6.07, 6.45) is 5.15. The van der Waals surface area contributed by atoms with Gasteiger partial charge in [0.2, 0.25) is 5.95 Å². The Kier molecular flexibility index (Phi) is 7.78. The predicted molar refractivity (Wildman–Crippen MR) is 141 cm³/mol. The van der Waals surface area contributed by atoms with Crippen LogP contribution in [0.5, 0.6) is 0 Å². The van der Waals surface area contributed by atoms with E-state index in [0.29, 0.717) is 19.1 Å². The molecule has 0 spiro atoms. The summed E-state index contributed by atoms with van der Waals surface area (Å²) in [7, 11) is 1.17. The number of anilines is 1. The third-order valence-electron chi connectivity index (χ3n) is 7.94. The second-order valence-corrected chi connectivity index (χ2v) is 10.9. The number of ether oxygens (including phenoxy) is 1. The molecule has 0 unspecified atom stereocenters. The van der Waals surface area contributed by atoms with Crippen molar-refractivity contribution in [1.29, 1.82) is 0 Å². The number of hydrogen-bond acceptors (Lipinski definition) is 7. The summed E-state index contributed by atoms with van der Waals surface area (Å²) in [6.45, 7) is 11.2. The van der Waals surface area contributed by atoms with Crippen molar-refractivity contribution in [3.05, 3.63) is 23.9 Å². The lowest BCUT2D eigenvalue weighted by Crippen LogP contribution is -2.44. The number of aromatic nitrogens is 2. The number of methoxy groups -OCH3 is 1. The number of amides is 1. The van der Waals surface area contributed by atoms with E-state index in [1.54, 1.807) is 7.11 Å². The number of nitrogens with one attached hydrogen (secondary N) is 1. The fourth-order valence-electron chi connectivity index (χ4n) is 5.04. The molecular formula is C26H39BN4O5. The predicted octanol–water partition coefficient (Wildman–Crippen LogP) is 3.84. The van der Waals surface area contributed by atoms with Crippen LogP contribution in [-0.2, 0) is 20.5 Å². The Morgan fingerprint density at radius 3 is 2.44 bits per heavy atom. The van der Waals surface area contributed by atoms with Crippen LogP contribution in [0.3, 0.4) is 0 Å². The Morgan fingerprint density at radius 2 is 1.86 bits per heavy atom. The molecule has 2 heterocycles. The van der Waals surface area contributed by atoms with Crippen LogP contribution in [0, 0.1) is 0 Å². The second-order valence-electron chi connectivity index (χ2n) is 10.9. The van der Waals surface area contributed by atoms with Gasteiger partial charge in [0.1, 0.15) is 0 Å². The zero-order valence-corrected chi connectivity index (χ0v) is 22.3. The van der Waals surface area contributed by atoms with Gasteiger partial charge < -0.3 is 29.4 Å². The van der Waals surface area contributed by atoms with Crippen LogP contribution in [0.25, 0.3) is 10.9 Å². The van der Waals surface area contributed by atoms with E-state index in [9.17, 15) is 9.90 Å². The Labute approximate surface area is 214 Å². The van der Waals surface area contributed by atoms with E-state index < -0.39 is 24.4 Å². The molecule has 2 aliphatic rings. The second kappa shape index (κ2) is 10.5. The molecule has 1 aromatic heterocycles. The molecule has 0 atom stereocenters. The molecule has 196 valence electrons. The third kappa shape index (κ3) is 5.45. The molecular weight excluding hydrogens is 459 g/mol. The van der Waals surface area contributed by atoms with Gasteiger partial charge in [0.25, 0.3) is 0 Å². The normalized spacial score (nSPS) is 23.1. The smallest absolute Gasteiger partial charge is 0.465 e. The van der Waals surface area contributed by atoms with Crippen molar-refractivity contribution in [1.82, 2.24) is 14.9 Å². The van der Waals surface area contributed by atoms with Crippen LogP contribution in [0.4, 0.5) is 10.7 Å². The van der Waals surface area contributed by atoms with Crippen LogP contribution < -0.4 is 10.8 Å². The van der Waals surface area contributed by atoms with Gasteiger partial charge in [-0.2, -0.15) is 0 Å². The molecule has 2 N–H and O–H groups in total. The number of aryl methyl sites for hydroxylation is 1. The molecule has 4 rings (SSSR count). The molecule has 10 heteroatoms. The van der Waals surface area contributed by atoms with Crippen molar-refractivity contribution in [3.63, 3.8) is 0 Å². The molecule has 0 bridgehead atoms. The summed E-state index contributed by atoms with van der Waals surface area (Å²) in [5, 5.41) is 14.0. The molecule has 9 nitrogen and oxygen atoms in total. The molecule has 2 fully saturated rings. The molecule has 1 saturated carbocycles. The van der Waals surface area contributed by atoms with E-state index in [0.717, 1.165) is 54.0 Å². The fraction of sp³-hybridized carbons (Fsp3) is 0.654. The first-order valence-electron chi connectivity index (χ1n) is 12.9. The highest BCUT2D eigenvalue weighted by atomic mass is 16.7. The monoisotopic (exact) mass is 498 g/mol. The van der Waals surface area contributed by atoms with E-state index in [4.69, 9.17) is 19.0 Å². The lowest BCUT2D eigenvalue weighted by atomic mass is 9.77. The lowest BCUT2D eigenvalue weighted by molar-refractivity contribution is 0.00578. The van der Waals surface area contributed by atoms with Gasteiger partial charge in [-0.25, -0.2) is 14.8 Å².